The van der Waals surface area contributed by atoms with Gasteiger partial charge in [0.25, 0.3) is 0 Å². The van der Waals surface area contributed by atoms with Gasteiger partial charge in [0.2, 0.25) is 17.7 Å². The van der Waals surface area contributed by atoms with Crippen LogP contribution in [0.1, 0.15) is 36.8 Å². The largest absolute Gasteiger partial charge is 0.416 e. The Morgan fingerprint density at radius 1 is 1.00 bits per heavy atom. The molecule has 0 bridgehead atoms. The Morgan fingerprint density at radius 3 is 2.21 bits per heavy atom. The first-order valence-corrected chi connectivity index (χ1v) is 11.9. The summed E-state index contributed by atoms with van der Waals surface area (Å²) >= 11 is 4.13. The molecule has 0 aromatic heterocycles. The van der Waals surface area contributed by atoms with Gasteiger partial charge in [-0.05, 0) is 36.3 Å². The minimum atomic E-state index is -4.43. The molecule has 2 heterocycles. The Bertz CT molecular complexity index is 910. The Morgan fingerprint density at radius 2 is 1.67 bits per heavy atom. The number of hydrogen-bond donors (Lipinski definition) is 1. The van der Waals surface area contributed by atoms with Crippen LogP contribution in [0.15, 0.2) is 24.3 Å². The van der Waals surface area contributed by atoms with Crippen molar-refractivity contribution < 1.29 is 27.6 Å². The van der Waals surface area contributed by atoms with Crippen molar-refractivity contribution in [2.24, 2.45) is 5.41 Å². The number of piperazine rings is 1. The van der Waals surface area contributed by atoms with E-state index in [1.165, 1.54) is 18.6 Å². The molecule has 1 aromatic rings. The molecular weight excluding hydrogens is 455 g/mol. The van der Waals surface area contributed by atoms with Crippen molar-refractivity contribution in [1.29, 1.82) is 0 Å². The van der Waals surface area contributed by atoms with Gasteiger partial charge in [0.05, 0.1) is 18.5 Å². The molecule has 3 aliphatic rings. The predicted molar refractivity (Wildman–Crippen MR) is 119 cm³/mol. The first-order valence-electron chi connectivity index (χ1n) is 11.2. The molecule has 4 rings (SSSR count). The Kier molecular flexibility index (Phi) is 6.66. The summed E-state index contributed by atoms with van der Waals surface area (Å²) in [5.41, 5.74) is -0.0406. The van der Waals surface area contributed by atoms with Gasteiger partial charge in [-0.15, -0.1) is 0 Å². The van der Waals surface area contributed by atoms with Gasteiger partial charge in [0.15, 0.2) is 0 Å². The Labute approximate surface area is 196 Å². The van der Waals surface area contributed by atoms with E-state index in [9.17, 15) is 27.6 Å². The van der Waals surface area contributed by atoms with Crippen molar-refractivity contribution in [3.63, 3.8) is 0 Å². The van der Waals surface area contributed by atoms with Crippen LogP contribution in [0.25, 0.3) is 0 Å². The average molecular weight is 484 g/mol. The molecule has 33 heavy (non-hydrogen) atoms. The fraction of sp³-hybridized carbons (Fsp3) is 0.609. The van der Waals surface area contributed by atoms with Crippen LogP contribution in [-0.2, 0) is 27.0 Å². The summed E-state index contributed by atoms with van der Waals surface area (Å²) < 4.78 is 38.3. The summed E-state index contributed by atoms with van der Waals surface area (Å²) in [6, 6.07) is 3.79. The highest BCUT2D eigenvalue weighted by atomic mass is 32.1. The van der Waals surface area contributed by atoms with Crippen molar-refractivity contribution in [3.8, 4) is 0 Å². The summed E-state index contributed by atoms with van der Waals surface area (Å²) in [4.78, 5) is 43.7. The molecule has 2 aliphatic heterocycles. The second-order valence-electron chi connectivity index (χ2n) is 9.34. The molecule has 1 aromatic carbocycles. The highest BCUT2D eigenvalue weighted by Gasteiger charge is 2.51. The van der Waals surface area contributed by atoms with E-state index < -0.39 is 17.8 Å². The number of benzene rings is 1. The number of thiol groups is 1. The molecule has 0 unspecified atom stereocenters. The minimum Gasteiger partial charge on any atom is -0.340 e. The van der Waals surface area contributed by atoms with Crippen LogP contribution in [0.4, 0.5) is 13.2 Å². The van der Waals surface area contributed by atoms with Gasteiger partial charge in [0, 0.05) is 38.0 Å². The van der Waals surface area contributed by atoms with Gasteiger partial charge in [-0.2, -0.15) is 25.8 Å². The molecule has 1 atom stereocenters. The molecule has 1 saturated carbocycles. The van der Waals surface area contributed by atoms with E-state index in [1.54, 1.807) is 14.7 Å². The van der Waals surface area contributed by atoms with Crippen molar-refractivity contribution in [3.05, 3.63) is 35.4 Å². The second kappa shape index (κ2) is 9.19. The van der Waals surface area contributed by atoms with Gasteiger partial charge >= 0.3 is 6.18 Å². The van der Waals surface area contributed by atoms with Crippen LogP contribution in [0.5, 0.6) is 0 Å². The van der Waals surface area contributed by atoms with Crippen LogP contribution in [0.2, 0.25) is 0 Å². The number of likely N-dealkylation sites (tertiary alicyclic amines) is 1. The lowest BCUT2D eigenvalue weighted by Gasteiger charge is -2.57. The molecule has 2 saturated heterocycles. The molecule has 6 nitrogen and oxygen atoms in total. The van der Waals surface area contributed by atoms with Gasteiger partial charge in [-0.3, -0.25) is 14.4 Å². The Hall–Kier alpha value is -2.23. The highest BCUT2D eigenvalue weighted by molar-refractivity contribution is 7.80. The average Bonchev–Trinajstić information content (AvgIpc) is 2.71. The van der Waals surface area contributed by atoms with Gasteiger partial charge < -0.3 is 14.7 Å². The van der Waals surface area contributed by atoms with Crippen LogP contribution < -0.4 is 0 Å². The summed E-state index contributed by atoms with van der Waals surface area (Å²) in [5.74, 6) is -0.184. The zero-order valence-electron chi connectivity index (χ0n) is 18.3. The maximum Gasteiger partial charge on any atom is 0.416 e. The lowest BCUT2D eigenvalue weighted by Crippen LogP contribution is -2.68. The number of nitrogens with zero attached hydrogens (tertiary/aromatic N) is 3. The standard InChI is InChI=1S/C23H28F3N3O3S/c24-23(25,26)17-4-2-16(3-5-17)12-20(31)27-9-10-29(19(30)6-11-33)18(13-27)21(32)28-14-22(15-28)7-1-8-22/h2-5,18,33H,1,6-15H2/t18-/m0/s1. The molecule has 1 spiro atoms. The molecule has 0 N–H and O–H groups in total. The summed E-state index contributed by atoms with van der Waals surface area (Å²) in [7, 11) is 0. The third kappa shape index (κ3) is 5.00. The van der Waals surface area contributed by atoms with E-state index in [2.05, 4.69) is 12.6 Å². The number of halogens is 3. The van der Waals surface area contributed by atoms with Crippen molar-refractivity contribution in [1.82, 2.24) is 14.7 Å². The second-order valence-corrected chi connectivity index (χ2v) is 9.78. The number of amides is 3. The maximum atomic E-state index is 13.3. The first-order chi connectivity index (χ1) is 15.6. The predicted octanol–water partition coefficient (Wildman–Crippen LogP) is 2.62. The quantitative estimate of drug-likeness (QED) is 0.655. The maximum absolute atomic E-state index is 13.3. The number of hydrogen-bond acceptors (Lipinski definition) is 4. The fourth-order valence-electron chi connectivity index (χ4n) is 4.98. The third-order valence-corrected chi connectivity index (χ3v) is 7.30. The smallest absolute Gasteiger partial charge is 0.340 e. The number of rotatable bonds is 5. The minimum absolute atomic E-state index is 0.0591. The molecule has 10 heteroatoms. The molecule has 180 valence electrons. The summed E-state index contributed by atoms with van der Waals surface area (Å²) in [5, 5.41) is 0. The van der Waals surface area contributed by atoms with Crippen LogP contribution in [0, 0.1) is 5.41 Å². The number of carbonyl (C=O) groups excluding carboxylic acids is 3. The van der Waals surface area contributed by atoms with Crippen LogP contribution >= 0.6 is 12.6 Å². The summed E-state index contributed by atoms with van der Waals surface area (Å²) in [6.45, 7) is 2.04. The topological polar surface area (TPSA) is 60.9 Å². The van der Waals surface area contributed by atoms with E-state index in [1.807, 2.05) is 0 Å². The van der Waals surface area contributed by atoms with Crippen molar-refractivity contribution >= 4 is 30.4 Å². The van der Waals surface area contributed by atoms with E-state index in [0.29, 0.717) is 24.4 Å². The first kappa shape index (κ1) is 23.9. The van der Waals surface area contributed by atoms with Crippen LogP contribution in [0.3, 0.4) is 0 Å². The molecular formula is C23H28F3N3O3S. The Balaban J connectivity index is 1.42. The molecule has 3 amide bonds. The molecule has 1 aliphatic carbocycles. The number of alkyl halides is 3. The molecule has 0 radical (unpaired) electrons. The van der Waals surface area contributed by atoms with Gasteiger partial charge in [0.1, 0.15) is 6.04 Å². The van der Waals surface area contributed by atoms with E-state index in [-0.39, 0.29) is 55.6 Å². The van der Waals surface area contributed by atoms with E-state index in [4.69, 9.17) is 0 Å². The SMILES string of the molecule is O=C(Cc1ccc(C(F)(F)F)cc1)N1CCN(C(=O)CCS)[C@H](C(=O)N2CC3(CCC3)C2)C1. The third-order valence-electron chi connectivity index (χ3n) is 7.08. The molecule has 3 fully saturated rings. The zero-order valence-corrected chi connectivity index (χ0v) is 19.2. The van der Waals surface area contributed by atoms with Crippen LogP contribution in [-0.4, -0.2) is 76.9 Å². The monoisotopic (exact) mass is 483 g/mol. The van der Waals surface area contributed by atoms with Gasteiger partial charge in [-0.1, -0.05) is 18.6 Å². The normalized spacial score (nSPS) is 22.1. The lowest BCUT2D eigenvalue weighted by molar-refractivity contribution is -0.163. The number of carbonyl (C=O) groups is 3. The van der Waals surface area contributed by atoms with Crippen molar-refractivity contribution in [2.75, 3.05) is 38.5 Å². The van der Waals surface area contributed by atoms with E-state index >= 15 is 0 Å². The zero-order chi connectivity index (χ0) is 23.8. The van der Waals surface area contributed by atoms with Crippen molar-refractivity contribution in [2.45, 2.75) is 44.3 Å². The van der Waals surface area contributed by atoms with E-state index in [0.717, 1.165) is 25.0 Å². The van der Waals surface area contributed by atoms with Gasteiger partial charge in [-0.25, -0.2) is 0 Å². The fourth-order valence-corrected chi connectivity index (χ4v) is 5.17. The highest BCUT2D eigenvalue weighted by Crippen LogP contribution is 2.48. The summed E-state index contributed by atoms with van der Waals surface area (Å²) in [6.07, 6.45) is -0.832. The lowest BCUT2D eigenvalue weighted by atomic mass is 9.63.